The lowest BCUT2D eigenvalue weighted by molar-refractivity contribution is 0.213. The molecule has 1 unspecified atom stereocenters. The summed E-state index contributed by atoms with van der Waals surface area (Å²) >= 11 is 0. The molecule has 2 heterocycles. The van der Waals surface area contributed by atoms with E-state index in [-0.39, 0.29) is 17.7 Å². The van der Waals surface area contributed by atoms with Gasteiger partial charge in [-0.2, -0.15) is 5.26 Å². The molecule has 1 saturated heterocycles. The van der Waals surface area contributed by atoms with Gasteiger partial charge in [0.25, 0.3) is 0 Å². The van der Waals surface area contributed by atoms with Gasteiger partial charge in [0.2, 0.25) is 0 Å². The number of hydrogen-bond donors (Lipinski definition) is 1. The van der Waals surface area contributed by atoms with Crippen molar-refractivity contribution in [2.24, 2.45) is 5.92 Å². The van der Waals surface area contributed by atoms with Crippen LogP contribution in [0.4, 0.5) is 4.39 Å². The van der Waals surface area contributed by atoms with Crippen molar-refractivity contribution in [3.05, 3.63) is 71.4 Å². The van der Waals surface area contributed by atoms with Crippen LogP contribution in [0.5, 0.6) is 11.5 Å². The average Bonchev–Trinajstić information content (AvgIpc) is 3.53. The van der Waals surface area contributed by atoms with Crippen molar-refractivity contribution in [3.8, 4) is 28.8 Å². The lowest BCUT2D eigenvalue weighted by Crippen LogP contribution is -2.20. The van der Waals surface area contributed by atoms with Gasteiger partial charge in [-0.15, -0.1) is 0 Å². The Bertz CT molecular complexity index is 1180. The summed E-state index contributed by atoms with van der Waals surface area (Å²) < 4.78 is 25.9. The van der Waals surface area contributed by atoms with Crippen molar-refractivity contribution in [2.45, 2.75) is 31.8 Å². The Labute approximate surface area is 192 Å². The fourth-order valence-corrected chi connectivity index (χ4v) is 3.88. The van der Waals surface area contributed by atoms with Crippen molar-refractivity contribution >= 4 is 0 Å². The fraction of sp³-hybridized carbons (Fsp3) is 0.346. The molecule has 0 bridgehead atoms. The third kappa shape index (κ3) is 5.29. The Morgan fingerprint density at radius 2 is 2.00 bits per heavy atom. The van der Waals surface area contributed by atoms with Gasteiger partial charge in [-0.05, 0) is 73.7 Å². The molecule has 0 spiro atoms. The first kappa shape index (κ1) is 21.4. The Morgan fingerprint density at radius 3 is 2.79 bits per heavy atom. The molecule has 1 aliphatic heterocycles. The molecule has 5 rings (SSSR count). The van der Waals surface area contributed by atoms with Gasteiger partial charge in [0, 0.05) is 24.7 Å². The van der Waals surface area contributed by atoms with Crippen LogP contribution in [0.25, 0.3) is 11.3 Å². The summed E-state index contributed by atoms with van der Waals surface area (Å²) in [7, 11) is 0. The van der Waals surface area contributed by atoms with E-state index in [1.165, 1.54) is 18.9 Å². The monoisotopic (exact) mass is 444 g/mol. The van der Waals surface area contributed by atoms with Gasteiger partial charge >= 0.3 is 0 Å². The second-order valence-corrected chi connectivity index (χ2v) is 8.61. The highest BCUT2D eigenvalue weighted by atomic mass is 19.1. The van der Waals surface area contributed by atoms with Crippen LogP contribution in [-0.4, -0.2) is 35.8 Å². The van der Waals surface area contributed by atoms with Crippen LogP contribution >= 0.6 is 0 Å². The van der Waals surface area contributed by atoms with E-state index in [9.17, 15) is 9.65 Å². The molecule has 2 fully saturated rings. The summed E-state index contributed by atoms with van der Waals surface area (Å²) in [5.74, 6) is 1.73. The van der Waals surface area contributed by atoms with Gasteiger partial charge in [-0.1, -0.05) is 6.07 Å². The minimum absolute atomic E-state index is 0.0140. The van der Waals surface area contributed by atoms with E-state index in [2.05, 4.69) is 21.4 Å². The van der Waals surface area contributed by atoms with Crippen molar-refractivity contribution in [1.82, 2.24) is 15.3 Å². The maximum absolute atomic E-state index is 14.2. The molecule has 0 radical (unpaired) electrons. The van der Waals surface area contributed by atoms with E-state index < -0.39 is 0 Å². The van der Waals surface area contributed by atoms with Crippen molar-refractivity contribution in [2.75, 3.05) is 19.7 Å². The summed E-state index contributed by atoms with van der Waals surface area (Å²) in [4.78, 5) is 9.06. The number of nitrogens with one attached hydrogen (secondary N) is 1. The topological polar surface area (TPSA) is 80.1 Å². The molecular formula is C26H25FN4O2. The highest BCUT2D eigenvalue weighted by Gasteiger charge is 2.22. The summed E-state index contributed by atoms with van der Waals surface area (Å²) in [6.45, 7) is 2.27. The molecule has 1 N–H and O–H groups in total. The normalized spacial score (nSPS) is 17.5. The summed E-state index contributed by atoms with van der Waals surface area (Å²) in [5.41, 5.74) is 2.91. The zero-order chi connectivity index (χ0) is 22.6. The molecule has 1 saturated carbocycles. The molecule has 0 amide bonds. The highest BCUT2D eigenvalue weighted by molar-refractivity contribution is 5.64. The average molecular weight is 445 g/mol. The van der Waals surface area contributed by atoms with Gasteiger partial charge in [-0.3, -0.25) is 0 Å². The van der Waals surface area contributed by atoms with E-state index in [0.29, 0.717) is 36.1 Å². The number of halogens is 1. The van der Waals surface area contributed by atoms with E-state index >= 15 is 0 Å². The van der Waals surface area contributed by atoms with Gasteiger partial charge < -0.3 is 14.8 Å². The molecule has 3 aromatic rings. The van der Waals surface area contributed by atoms with Crippen molar-refractivity contribution < 1.29 is 13.9 Å². The first-order valence-corrected chi connectivity index (χ1v) is 11.3. The summed E-state index contributed by atoms with van der Waals surface area (Å²) in [5, 5.41) is 12.8. The van der Waals surface area contributed by atoms with Gasteiger partial charge in [-0.25, -0.2) is 14.4 Å². The standard InChI is InChI=1S/C26H25FN4O2/c27-22-5-3-18(11-25(22)33-21-7-9-29-15-21)12-26-30-10-8-23(31-26)19-4-6-24(20(13-19)14-28)32-16-17-1-2-17/h3-6,8,10-11,13,17,21,29H,1-2,7,9,12,15-16H2. The fourth-order valence-electron chi connectivity index (χ4n) is 3.88. The molecule has 33 heavy (non-hydrogen) atoms. The minimum atomic E-state index is -0.367. The van der Waals surface area contributed by atoms with Crippen LogP contribution in [0.2, 0.25) is 0 Å². The number of hydrogen-bond acceptors (Lipinski definition) is 6. The molecule has 2 aliphatic rings. The Hall–Kier alpha value is -3.50. The molecule has 2 aromatic carbocycles. The van der Waals surface area contributed by atoms with E-state index in [1.807, 2.05) is 18.2 Å². The lowest BCUT2D eigenvalue weighted by atomic mass is 10.1. The summed E-state index contributed by atoms with van der Waals surface area (Å²) in [6, 6.07) is 14.5. The quantitative estimate of drug-likeness (QED) is 0.559. The lowest BCUT2D eigenvalue weighted by Gasteiger charge is -2.14. The number of benzene rings is 2. The minimum Gasteiger partial charge on any atom is -0.492 e. The number of aromatic nitrogens is 2. The van der Waals surface area contributed by atoms with Crippen molar-refractivity contribution in [1.29, 1.82) is 5.26 Å². The Balaban J connectivity index is 1.32. The Morgan fingerprint density at radius 1 is 1.09 bits per heavy atom. The number of nitrogens with zero attached hydrogens (tertiary/aromatic N) is 3. The predicted octanol–water partition coefficient (Wildman–Crippen LogP) is 4.27. The molecule has 1 aliphatic carbocycles. The second kappa shape index (κ2) is 9.55. The van der Waals surface area contributed by atoms with Crippen LogP contribution < -0.4 is 14.8 Å². The number of rotatable bonds is 8. The molecule has 1 aromatic heterocycles. The van der Waals surface area contributed by atoms with Crippen LogP contribution in [0.1, 0.15) is 36.2 Å². The first-order valence-electron chi connectivity index (χ1n) is 11.3. The third-order valence-electron chi connectivity index (χ3n) is 5.94. The van der Waals surface area contributed by atoms with E-state index in [1.54, 1.807) is 24.4 Å². The van der Waals surface area contributed by atoms with Crippen LogP contribution in [0.15, 0.2) is 48.7 Å². The van der Waals surface area contributed by atoms with E-state index in [4.69, 9.17) is 9.47 Å². The zero-order valence-corrected chi connectivity index (χ0v) is 18.3. The number of ether oxygens (including phenoxy) is 2. The maximum Gasteiger partial charge on any atom is 0.165 e. The maximum atomic E-state index is 14.2. The first-order chi connectivity index (χ1) is 16.2. The SMILES string of the molecule is N#Cc1cc(-c2ccnc(Cc3ccc(F)c(OC4CCNC4)c3)n2)ccc1OCC1CC1. The molecule has 7 heteroatoms. The van der Waals surface area contributed by atoms with Crippen LogP contribution in [-0.2, 0) is 6.42 Å². The predicted molar refractivity (Wildman–Crippen MR) is 122 cm³/mol. The molecule has 1 atom stereocenters. The van der Waals surface area contributed by atoms with E-state index in [0.717, 1.165) is 36.3 Å². The largest absolute Gasteiger partial charge is 0.492 e. The zero-order valence-electron chi connectivity index (χ0n) is 18.3. The number of nitriles is 1. The second-order valence-electron chi connectivity index (χ2n) is 8.61. The highest BCUT2D eigenvalue weighted by Crippen LogP contribution is 2.31. The summed E-state index contributed by atoms with van der Waals surface area (Å²) in [6.07, 6.45) is 5.39. The van der Waals surface area contributed by atoms with Crippen molar-refractivity contribution in [3.63, 3.8) is 0 Å². The van der Waals surface area contributed by atoms with Gasteiger partial charge in [0.15, 0.2) is 11.6 Å². The van der Waals surface area contributed by atoms with Gasteiger partial charge in [0.1, 0.15) is 23.7 Å². The molecule has 6 nitrogen and oxygen atoms in total. The molecular weight excluding hydrogens is 419 g/mol. The van der Waals surface area contributed by atoms with Crippen LogP contribution in [0, 0.1) is 23.1 Å². The third-order valence-corrected chi connectivity index (χ3v) is 5.94. The molecule has 168 valence electrons. The van der Waals surface area contributed by atoms with Crippen LogP contribution in [0.3, 0.4) is 0 Å². The Kier molecular flexibility index (Phi) is 6.18. The smallest absolute Gasteiger partial charge is 0.165 e. The van der Waals surface area contributed by atoms with Gasteiger partial charge in [0.05, 0.1) is 17.9 Å².